The summed E-state index contributed by atoms with van der Waals surface area (Å²) in [6.07, 6.45) is 0.297. The maximum Gasteiger partial charge on any atom is 0.321 e. The Morgan fingerprint density at radius 1 is 1.05 bits per heavy atom. The molecule has 0 aromatic heterocycles. The van der Waals surface area contributed by atoms with Crippen molar-refractivity contribution in [3.8, 4) is 0 Å². The quantitative estimate of drug-likeness (QED) is 0.503. The van der Waals surface area contributed by atoms with Crippen LogP contribution in [0.2, 0.25) is 0 Å². The van der Waals surface area contributed by atoms with Crippen molar-refractivity contribution in [2.24, 2.45) is 5.92 Å². The van der Waals surface area contributed by atoms with E-state index in [-0.39, 0.29) is 5.91 Å². The molecule has 0 aliphatic heterocycles. The molecule has 0 radical (unpaired) electrons. The van der Waals surface area contributed by atoms with Crippen LogP contribution in [0, 0.1) is 5.92 Å². The van der Waals surface area contributed by atoms with Crippen LogP contribution >= 0.6 is 0 Å². The van der Waals surface area contributed by atoms with Crippen LogP contribution in [0.3, 0.4) is 0 Å². The van der Waals surface area contributed by atoms with Gasteiger partial charge in [-0.3, -0.25) is 14.9 Å². The molecule has 1 atom stereocenters. The maximum atomic E-state index is 11.6. The highest BCUT2D eigenvalue weighted by Gasteiger charge is 2.14. The largest absolute Gasteiger partial charge is 0.356 e. The second kappa shape index (κ2) is 10.2. The van der Waals surface area contributed by atoms with E-state index in [9.17, 15) is 14.4 Å². The van der Waals surface area contributed by atoms with Crippen molar-refractivity contribution < 1.29 is 14.4 Å². The lowest BCUT2D eigenvalue weighted by molar-refractivity contribution is -0.123. The van der Waals surface area contributed by atoms with Gasteiger partial charge in [0.2, 0.25) is 11.8 Å². The SMILES string of the molecule is CCNC(=O)NC(=O)C(C)NCCC(=O)NCC(C)C. The molecule has 0 saturated heterocycles. The summed E-state index contributed by atoms with van der Waals surface area (Å²) >= 11 is 0. The molecule has 0 aliphatic carbocycles. The molecule has 4 amide bonds. The molecule has 0 bridgehead atoms. The number of carbonyl (C=O) groups excluding carboxylic acids is 3. The lowest BCUT2D eigenvalue weighted by Gasteiger charge is -2.13. The van der Waals surface area contributed by atoms with Crippen molar-refractivity contribution in [2.45, 2.75) is 40.2 Å². The first kappa shape index (κ1) is 18.4. The summed E-state index contributed by atoms with van der Waals surface area (Å²) in [5, 5.41) is 10.4. The number of rotatable bonds is 8. The number of carbonyl (C=O) groups is 3. The minimum absolute atomic E-state index is 0.0532. The van der Waals surface area contributed by atoms with Crippen LogP contribution in [0.25, 0.3) is 0 Å². The molecule has 0 aromatic rings. The van der Waals surface area contributed by atoms with Crippen molar-refractivity contribution in [1.29, 1.82) is 0 Å². The Kier molecular flexibility index (Phi) is 9.36. The van der Waals surface area contributed by atoms with E-state index in [0.717, 1.165) is 0 Å². The van der Waals surface area contributed by atoms with E-state index in [1.807, 2.05) is 13.8 Å². The lowest BCUT2D eigenvalue weighted by atomic mass is 10.2. The molecule has 0 saturated carbocycles. The molecule has 7 heteroatoms. The smallest absolute Gasteiger partial charge is 0.321 e. The van der Waals surface area contributed by atoms with Gasteiger partial charge < -0.3 is 16.0 Å². The summed E-state index contributed by atoms with van der Waals surface area (Å²) in [5.74, 6) is -0.0604. The first-order valence-corrected chi connectivity index (χ1v) is 6.95. The summed E-state index contributed by atoms with van der Waals surface area (Å²) in [6.45, 7) is 8.93. The Labute approximate surface area is 120 Å². The Morgan fingerprint density at radius 2 is 1.70 bits per heavy atom. The van der Waals surface area contributed by atoms with Gasteiger partial charge in [-0.05, 0) is 19.8 Å². The van der Waals surface area contributed by atoms with Gasteiger partial charge in [-0.1, -0.05) is 13.8 Å². The molecule has 1 unspecified atom stereocenters. The maximum absolute atomic E-state index is 11.6. The Hall–Kier alpha value is -1.63. The highest BCUT2D eigenvalue weighted by molar-refractivity contribution is 5.96. The molecule has 0 aliphatic rings. The van der Waals surface area contributed by atoms with Gasteiger partial charge in [0.05, 0.1) is 6.04 Å². The number of hydrogen-bond acceptors (Lipinski definition) is 4. The fourth-order valence-corrected chi connectivity index (χ4v) is 1.33. The predicted molar refractivity (Wildman–Crippen MR) is 77.1 cm³/mol. The number of amides is 4. The van der Waals surface area contributed by atoms with Gasteiger partial charge in [-0.15, -0.1) is 0 Å². The second-order valence-electron chi connectivity index (χ2n) is 4.97. The standard InChI is InChI=1S/C13H26N4O3/c1-5-14-13(20)17-12(19)10(4)15-7-6-11(18)16-8-9(2)3/h9-10,15H,5-8H2,1-4H3,(H,16,18)(H2,14,17,19,20). The number of nitrogens with one attached hydrogen (secondary N) is 4. The van der Waals surface area contributed by atoms with Gasteiger partial charge >= 0.3 is 6.03 Å². The van der Waals surface area contributed by atoms with Gasteiger partial charge in [0.1, 0.15) is 0 Å². The van der Waals surface area contributed by atoms with Crippen molar-refractivity contribution in [1.82, 2.24) is 21.3 Å². The Morgan fingerprint density at radius 3 is 2.25 bits per heavy atom. The van der Waals surface area contributed by atoms with Gasteiger partial charge in [-0.2, -0.15) is 0 Å². The first-order valence-electron chi connectivity index (χ1n) is 6.95. The molecule has 116 valence electrons. The van der Waals surface area contributed by atoms with Gasteiger partial charge in [0, 0.05) is 26.1 Å². The fraction of sp³-hybridized carbons (Fsp3) is 0.769. The van der Waals surface area contributed by atoms with Crippen LogP contribution in [-0.4, -0.2) is 43.5 Å². The highest BCUT2D eigenvalue weighted by Crippen LogP contribution is 1.89. The van der Waals surface area contributed by atoms with Crippen LogP contribution in [0.15, 0.2) is 0 Å². The second-order valence-corrected chi connectivity index (χ2v) is 4.97. The minimum atomic E-state index is -0.532. The molecule has 0 heterocycles. The van der Waals surface area contributed by atoms with E-state index in [4.69, 9.17) is 0 Å². The molecule has 20 heavy (non-hydrogen) atoms. The average Bonchev–Trinajstić information content (AvgIpc) is 2.36. The summed E-state index contributed by atoms with van der Waals surface area (Å²) < 4.78 is 0. The van der Waals surface area contributed by atoms with Crippen LogP contribution in [0.4, 0.5) is 4.79 Å². The van der Waals surface area contributed by atoms with Crippen LogP contribution < -0.4 is 21.3 Å². The molecule has 0 rings (SSSR count). The van der Waals surface area contributed by atoms with Gasteiger partial charge in [0.25, 0.3) is 0 Å². The van der Waals surface area contributed by atoms with Crippen LogP contribution in [0.1, 0.15) is 34.1 Å². The molecule has 0 fully saturated rings. The number of hydrogen-bond donors (Lipinski definition) is 4. The van der Waals surface area contributed by atoms with Crippen LogP contribution in [0.5, 0.6) is 0 Å². The fourth-order valence-electron chi connectivity index (χ4n) is 1.33. The Bertz CT molecular complexity index is 332. The van der Waals surface area contributed by atoms with E-state index in [1.165, 1.54) is 0 Å². The monoisotopic (exact) mass is 286 g/mol. The lowest BCUT2D eigenvalue weighted by Crippen LogP contribution is -2.48. The molecule has 7 nitrogen and oxygen atoms in total. The number of imide groups is 1. The molecule has 0 aromatic carbocycles. The third-order valence-electron chi connectivity index (χ3n) is 2.48. The summed E-state index contributed by atoms with van der Waals surface area (Å²) in [6, 6.07) is -1.05. The summed E-state index contributed by atoms with van der Waals surface area (Å²) in [7, 11) is 0. The van der Waals surface area contributed by atoms with Gasteiger partial charge in [0.15, 0.2) is 0 Å². The normalized spacial score (nSPS) is 11.8. The first-order chi connectivity index (χ1) is 9.36. The molecular formula is C13H26N4O3. The third kappa shape index (κ3) is 9.32. The van der Waals surface area contributed by atoms with E-state index in [1.54, 1.807) is 13.8 Å². The third-order valence-corrected chi connectivity index (χ3v) is 2.48. The van der Waals surface area contributed by atoms with Crippen molar-refractivity contribution in [2.75, 3.05) is 19.6 Å². The number of urea groups is 1. The van der Waals surface area contributed by atoms with E-state index in [2.05, 4.69) is 21.3 Å². The zero-order valence-corrected chi connectivity index (χ0v) is 12.7. The molecule has 4 N–H and O–H groups in total. The van der Waals surface area contributed by atoms with E-state index in [0.29, 0.717) is 32.0 Å². The van der Waals surface area contributed by atoms with Crippen LogP contribution in [-0.2, 0) is 9.59 Å². The zero-order valence-electron chi connectivity index (χ0n) is 12.7. The minimum Gasteiger partial charge on any atom is -0.356 e. The Balaban J connectivity index is 3.81. The zero-order chi connectivity index (χ0) is 15.5. The summed E-state index contributed by atoms with van der Waals surface area (Å²) in [4.78, 5) is 34.2. The van der Waals surface area contributed by atoms with Crippen molar-refractivity contribution >= 4 is 17.8 Å². The van der Waals surface area contributed by atoms with Crippen molar-refractivity contribution in [3.05, 3.63) is 0 Å². The topological polar surface area (TPSA) is 99.3 Å². The van der Waals surface area contributed by atoms with E-state index < -0.39 is 18.0 Å². The van der Waals surface area contributed by atoms with E-state index >= 15 is 0 Å². The van der Waals surface area contributed by atoms with Gasteiger partial charge in [-0.25, -0.2) is 4.79 Å². The molecule has 0 spiro atoms. The molecular weight excluding hydrogens is 260 g/mol. The highest BCUT2D eigenvalue weighted by atomic mass is 16.2. The predicted octanol–water partition coefficient (Wildman–Crippen LogP) is -0.0275. The van der Waals surface area contributed by atoms with Crippen molar-refractivity contribution in [3.63, 3.8) is 0 Å². The summed E-state index contributed by atoms with van der Waals surface area (Å²) in [5.41, 5.74) is 0. The average molecular weight is 286 g/mol.